The SMILES string of the molecule is CCCCCCCCCCCCOC(CCN(CCC)CCC)COCCOCCOCCOCCOCCOCCOCCO. The summed E-state index contributed by atoms with van der Waals surface area (Å²) >= 11 is 0. The van der Waals surface area contributed by atoms with Crippen molar-refractivity contribution >= 4 is 0 Å². The van der Waals surface area contributed by atoms with Gasteiger partial charge in [0.2, 0.25) is 0 Å². The first-order chi connectivity index (χ1) is 22.8. The smallest absolute Gasteiger partial charge is 0.0820 e. The van der Waals surface area contributed by atoms with Gasteiger partial charge < -0.3 is 47.9 Å². The normalized spacial score (nSPS) is 12.5. The van der Waals surface area contributed by atoms with Gasteiger partial charge >= 0.3 is 0 Å². The molecular formula is C36H75NO9. The van der Waals surface area contributed by atoms with Gasteiger partial charge in [-0.3, -0.25) is 0 Å². The van der Waals surface area contributed by atoms with Gasteiger partial charge in [-0.1, -0.05) is 78.6 Å². The van der Waals surface area contributed by atoms with Gasteiger partial charge in [0.1, 0.15) is 0 Å². The van der Waals surface area contributed by atoms with Crippen molar-refractivity contribution in [3.63, 3.8) is 0 Å². The van der Waals surface area contributed by atoms with Crippen molar-refractivity contribution in [2.24, 2.45) is 0 Å². The maximum atomic E-state index is 8.61. The lowest BCUT2D eigenvalue weighted by molar-refractivity contribution is -0.0448. The van der Waals surface area contributed by atoms with Gasteiger partial charge in [0.15, 0.2) is 0 Å². The summed E-state index contributed by atoms with van der Waals surface area (Å²) in [5.74, 6) is 0. The van der Waals surface area contributed by atoms with E-state index in [4.69, 9.17) is 43.0 Å². The van der Waals surface area contributed by atoms with Gasteiger partial charge in [-0.25, -0.2) is 0 Å². The molecule has 0 aromatic carbocycles. The summed E-state index contributed by atoms with van der Waals surface area (Å²) in [6, 6.07) is 0. The molecule has 0 aromatic rings. The first kappa shape index (κ1) is 45.6. The molecule has 0 radical (unpaired) electrons. The van der Waals surface area contributed by atoms with Crippen LogP contribution < -0.4 is 0 Å². The van der Waals surface area contributed by atoms with Crippen molar-refractivity contribution in [2.75, 3.05) is 125 Å². The molecule has 0 aliphatic carbocycles. The lowest BCUT2D eigenvalue weighted by Gasteiger charge is -2.24. The molecule has 1 unspecified atom stereocenters. The molecule has 10 heteroatoms. The van der Waals surface area contributed by atoms with Crippen LogP contribution >= 0.6 is 0 Å². The van der Waals surface area contributed by atoms with E-state index in [2.05, 4.69) is 25.7 Å². The lowest BCUT2D eigenvalue weighted by atomic mass is 10.1. The van der Waals surface area contributed by atoms with Crippen molar-refractivity contribution in [2.45, 2.75) is 110 Å². The second-order valence-electron chi connectivity index (χ2n) is 11.8. The van der Waals surface area contributed by atoms with Gasteiger partial charge in [0.25, 0.3) is 0 Å². The fourth-order valence-corrected chi connectivity index (χ4v) is 4.95. The minimum Gasteiger partial charge on any atom is -0.394 e. The number of aliphatic hydroxyl groups is 1. The highest BCUT2D eigenvalue weighted by Gasteiger charge is 2.12. The van der Waals surface area contributed by atoms with E-state index in [-0.39, 0.29) is 12.7 Å². The summed E-state index contributed by atoms with van der Waals surface area (Å²) in [7, 11) is 0. The van der Waals surface area contributed by atoms with Crippen molar-refractivity contribution in [1.29, 1.82) is 0 Å². The Balaban J connectivity index is 3.78. The van der Waals surface area contributed by atoms with Gasteiger partial charge in [-0.2, -0.15) is 0 Å². The van der Waals surface area contributed by atoms with E-state index in [1.54, 1.807) is 0 Å². The molecule has 0 aliphatic rings. The molecule has 0 rings (SSSR count). The summed E-state index contributed by atoms with van der Waals surface area (Å²) in [6.07, 6.45) is 16.9. The van der Waals surface area contributed by atoms with E-state index in [0.29, 0.717) is 92.5 Å². The Hall–Kier alpha value is -0.400. The van der Waals surface area contributed by atoms with Crippen molar-refractivity contribution in [1.82, 2.24) is 4.90 Å². The number of aliphatic hydroxyl groups excluding tert-OH is 1. The highest BCUT2D eigenvalue weighted by Crippen LogP contribution is 2.11. The van der Waals surface area contributed by atoms with Gasteiger partial charge in [-0.15, -0.1) is 0 Å². The Morgan fingerprint density at radius 2 is 0.804 bits per heavy atom. The maximum absolute atomic E-state index is 8.61. The van der Waals surface area contributed by atoms with Crippen LogP contribution in [0.4, 0.5) is 0 Å². The average Bonchev–Trinajstić information content (AvgIpc) is 3.06. The van der Waals surface area contributed by atoms with Crippen LogP contribution in [0.25, 0.3) is 0 Å². The third-order valence-corrected chi connectivity index (χ3v) is 7.47. The Morgan fingerprint density at radius 1 is 0.413 bits per heavy atom. The Kier molecular flexibility index (Phi) is 40.4. The molecule has 1 N–H and O–H groups in total. The number of unbranched alkanes of at least 4 members (excludes halogenated alkanes) is 9. The Labute approximate surface area is 283 Å². The van der Waals surface area contributed by atoms with Crippen LogP contribution in [0.3, 0.4) is 0 Å². The Bertz CT molecular complexity index is 542. The van der Waals surface area contributed by atoms with E-state index in [1.165, 1.54) is 70.6 Å². The molecule has 0 heterocycles. The van der Waals surface area contributed by atoms with Gasteiger partial charge in [0, 0.05) is 13.2 Å². The molecule has 0 amide bonds. The topological polar surface area (TPSA) is 97.3 Å². The van der Waals surface area contributed by atoms with E-state index in [1.807, 2.05) is 0 Å². The number of hydrogen-bond donors (Lipinski definition) is 1. The van der Waals surface area contributed by atoms with Crippen molar-refractivity contribution in [3.8, 4) is 0 Å². The molecule has 0 saturated heterocycles. The van der Waals surface area contributed by atoms with Crippen LogP contribution in [-0.2, 0) is 37.9 Å². The third-order valence-electron chi connectivity index (χ3n) is 7.47. The van der Waals surface area contributed by atoms with Crippen molar-refractivity contribution < 1.29 is 43.0 Å². The first-order valence-electron chi connectivity index (χ1n) is 18.8. The van der Waals surface area contributed by atoms with E-state index >= 15 is 0 Å². The monoisotopic (exact) mass is 666 g/mol. The molecule has 46 heavy (non-hydrogen) atoms. The molecule has 1 atom stereocenters. The second-order valence-corrected chi connectivity index (χ2v) is 11.8. The Morgan fingerprint density at radius 3 is 1.22 bits per heavy atom. The average molecular weight is 666 g/mol. The highest BCUT2D eigenvalue weighted by atomic mass is 16.6. The minimum atomic E-state index is 0.0336. The molecular weight excluding hydrogens is 590 g/mol. The van der Waals surface area contributed by atoms with Crippen LogP contribution in [0, 0.1) is 0 Å². The van der Waals surface area contributed by atoms with Crippen LogP contribution in [-0.4, -0.2) is 141 Å². The summed E-state index contributed by atoms with van der Waals surface area (Å²) in [5, 5.41) is 8.61. The largest absolute Gasteiger partial charge is 0.394 e. The summed E-state index contributed by atoms with van der Waals surface area (Å²) in [6.45, 7) is 18.3. The highest BCUT2D eigenvalue weighted by molar-refractivity contribution is 4.64. The number of ether oxygens (including phenoxy) is 8. The number of rotatable bonds is 41. The van der Waals surface area contributed by atoms with E-state index in [0.717, 1.165) is 39.1 Å². The molecule has 10 nitrogen and oxygen atoms in total. The predicted molar refractivity (Wildman–Crippen MR) is 186 cm³/mol. The fraction of sp³-hybridized carbons (Fsp3) is 1.00. The van der Waals surface area contributed by atoms with E-state index in [9.17, 15) is 0 Å². The molecule has 0 saturated carbocycles. The zero-order valence-electron chi connectivity index (χ0n) is 30.4. The molecule has 0 fully saturated rings. The number of hydrogen-bond acceptors (Lipinski definition) is 10. The minimum absolute atomic E-state index is 0.0336. The van der Waals surface area contributed by atoms with Crippen LogP contribution in [0.15, 0.2) is 0 Å². The standard InChI is InChI=1S/C36H75NO9/c1-4-7-8-9-10-11-12-13-14-15-21-46-36(16-19-37(17-5-2)18-6-3)35-45-34-33-44-32-31-43-30-29-42-28-27-41-26-25-40-24-23-39-22-20-38/h36,38H,4-35H2,1-3H3. The van der Waals surface area contributed by atoms with Gasteiger partial charge in [0.05, 0.1) is 105 Å². The summed E-state index contributed by atoms with van der Waals surface area (Å²) < 4.78 is 45.0. The zero-order valence-corrected chi connectivity index (χ0v) is 30.4. The summed E-state index contributed by atoms with van der Waals surface area (Å²) in [4.78, 5) is 2.55. The summed E-state index contributed by atoms with van der Waals surface area (Å²) in [5.41, 5.74) is 0. The molecule has 278 valence electrons. The second kappa shape index (κ2) is 40.8. The van der Waals surface area contributed by atoms with Crippen LogP contribution in [0.5, 0.6) is 0 Å². The van der Waals surface area contributed by atoms with Crippen LogP contribution in [0.1, 0.15) is 104 Å². The third kappa shape index (κ3) is 36.4. The fourth-order valence-electron chi connectivity index (χ4n) is 4.95. The maximum Gasteiger partial charge on any atom is 0.0820 e. The molecule has 0 spiro atoms. The quantitative estimate of drug-likeness (QED) is 0.0794. The van der Waals surface area contributed by atoms with Gasteiger partial charge in [-0.05, 0) is 38.8 Å². The van der Waals surface area contributed by atoms with E-state index < -0.39 is 0 Å². The molecule has 0 aromatic heterocycles. The van der Waals surface area contributed by atoms with Crippen LogP contribution in [0.2, 0.25) is 0 Å². The van der Waals surface area contributed by atoms with Crippen molar-refractivity contribution in [3.05, 3.63) is 0 Å². The molecule has 0 aliphatic heterocycles. The number of nitrogens with zero attached hydrogens (tertiary/aromatic N) is 1. The molecule has 0 bridgehead atoms. The predicted octanol–water partition coefficient (Wildman–Crippen LogP) is 5.91. The zero-order chi connectivity index (χ0) is 33.4. The lowest BCUT2D eigenvalue weighted by Crippen LogP contribution is -2.32. The first-order valence-corrected chi connectivity index (χ1v) is 18.8.